The van der Waals surface area contributed by atoms with Crippen molar-refractivity contribution in [3.05, 3.63) is 53.7 Å². The van der Waals surface area contributed by atoms with Gasteiger partial charge in [0.05, 0.1) is 13.2 Å². The van der Waals surface area contributed by atoms with Crippen LogP contribution in [0.1, 0.15) is 44.9 Å². The molecule has 1 unspecified atom stereocenters. The van der Waals surface area contributed by atoms with Crippen LogP contribution in [0.2, 0.25) is 0 Å². The molecule has 0 aliphatic rings. The van der Waals surface area contributed by atoms with Gasteiger partial charge in [-0.2, -0.15) is 0 Å². The first-order valence-corrected chi connectivity index (χ1v) is 10.2. The van der Waals surface area contributed by atoms with E-state index in [0.717, 1.165) is 36.9 Å². The summed E-state index contributed by atoms with van der Waals surface area (Å²) in [6.07, 6.45) is 4.58. The Bertz CT molecular complexity index is 707. The molecule has 0 spiro atoms. The summed E-state index contributed by atoms with van der Waals surface area (Å²) in [5, 5.41) is 0. The van der Waals surface area contributed by atoms with Crippen molar-refractivity contribution >= 4 is 11.4 Å². The third kappa shape index (κ3) is 7.44. The van der Waals surface area contributed by atoms with Gasteiger partial charge >= 0.3 is 0 Å². The summed E-state index contributed by atoms with van der Waals surface area (Å²) in [4.78, 5) is 8.30. The van der Waals surface area contributed by atoms with Crippen LogP contribution in [0.25, 0.3) is 0 Å². The van der Waals surface area contributed by atoms with Crippen LogP contribution in [0.4, 0.5) is 4.39 Å². The molecular weight excluding hydrogens is 365 g/mol. The van der Waals surface area contributed by atoms with Gasteiger partial charge in [0.2, 0.25) is 5.88 Å². The van der Waals surface area contributed by atoms with E-state index in [1.54, 1.807) is 19.2 Å². The number of hydrogen-bond acceptors (Lipinski definition) is 5. The predicted molar refractivity (Wildman–Crippen MR) is 106 cm³/mol. The van der Waals surface area contributed by atoms with Gasteiger partial charge in [0, 0.05) is 23.1 Å². The van der Waals surface area contributed by atoms with Crippen LogP contribution in [0.5, 0.6) is 5.88 Å². The van der Waals surface area contributed by atoms with Gasteiger partial charge in [-0.3, -0.25) is 0 Å². The molecule has 0 fully saturated rings. The van der Waals surface area contributed by atoms with Gasteiger partial charge < -0.3 is 9.29 Å². The van der Waals surface area contributed by atoms with Crippen LogP contribution in [0.3, 0.4) is 0 Å². The third-order valence-corrected chi connectivity index (χ3v) is 5.84. The molecule has 0 aliphatic carbocycles. The van der Waals surface area contributed by atoms with Crippen LogP contribution in [0.15, 0.2) is 36.7 Å². The predicted octanol–water partition coefficient (Wildman–Crippen LogP) is 3.61. The first-order valence-electron chi connectivity index (χ1n) is 9.05. The number of methoxy groups -OCH3 is 1. The van der Waals surface area contributed by atoms with Gasteiger partial charge in [0.1, 0.15) is 16.9 Å². The zero-order valence-corrected chi connectivity index (χ0v) is 17.2. The fraction of sp³-hybridized carbons (Fsp3) is 0.500. The lowest BCUT2D eigenvalue weighted by Gasteiger charge is -2.28. The largest absolute Gasteiger partial charge is 0.598 e. The fourth-order valence-corrected chi connectivity index (χ4v) is 3.42. The Morgan fingerprint density at radius 2 is 1.81 bits per heavy atom. The first-order chi connectivity index (χ1) is 12.8. The molecule has 5 nitrogen and oxygen atoms in total. The Labute approximate surface area is 164 Å². The van der Waals surface area contributed by atoms with E-state index in [1.165, 1.54) is 18.5 Å². The second-order valence-electron chi connectivity index (χ2n) is 7.45. The number of nitrogens with one attached hydrogen (secondary N) is 1. The van der Waals surface area contributed by atoms with Crippen molar-refractivity contribution in [3.63, 3.8) is 0 Å². The maximum Gasteiger partial charge on any atom is 0.216 e. The molecule has 0 saturated carbocycles. The van der Waals surface area contributed by atoms with Crippen LogP contribution >= 0.6 is 0 Å². The van der Waals surface area contributed by atoms with E-state index in [0.29, 0.717) is 5.88 Å². The van der Waals surface area contributed by atoms with Crippen molar-refractivity contribution in [1.82, 2.24) is 14.7 Å². The Morgan fingerprint density at radius 3 is 2.44 bits per heavy atom. The summed E-state index contributed by atoms with van der Waals surface area (Å²) in [6.45, 7) is 5.84. The second kappa shape index (κ2) is 10.0. The number of ether oxygens (including phenoxy) is 1. The zero-order valence-electron chi connectivity index (χ0n) is 16.4. The van der Waals surface area contributed by atoms with Crippen LogP contribution in [-0.4, -0.2) is 32.4 Å². The van der Waals surface area contributed by atoms with Crippen LogP contribution in [0, 0.1) is 5.82 Å². The lowest BCUT2D eigenvalue weighted by atomic mass is 10.0. The van der Waals surface area contributed by atoms with Crippen molar-refractivity contribution in [3.8, 4) is 5.88 Å². The molecule has 0 saturated heterocycles. The van der Waals surface area contributed by atoms with E-state index in [1.807, 2.05) is 26.8 Å². The molecule has 1 N–H and O–H groups in total. The maximum absolute atomic E-state index is 13.1. The summed E-state index contributed by atoms with van der Waals surface area (Å²) < 4.78 is 33.7. The molecular formula is C20H28FN3O2S. The summed E-state index contributed by atoms with van der Waals surface area (Å²) in [5.41, 5.74) is 1.95. The average molecular weight is 394 g/mol. The SMILES string of the molecule is COc1cc(CC[C@@H](CCc2ccc(F)cc2)N[S+]([O-])C(C)(C)C)ncn1. The Kier molecular flexibility index (Phi) is 8.01. The summed E-state index contributed by atoms with van der Waals surface area (Å²) in [6, 6.07) is 8.40. The minimum Gasteiger partial charge on any atom is -0.598 e. The smallest absolute Gasteiger partial charge is 0.216 e. The third-order valence-electron chi connectivity index (χ3n) is 4.18. The number of halogens is 1. The van der Waals surface area contributed by atoms with Crippen molar-refractivity contribution in [1.29, 1.82) is 0 Å². The van der Waals surface area contributed by atoms with E-state index in [9.17, 15) is 8.94 Å². The number of benzene rings is 1. The summed E-state index contributed by atoms with van der Waals surface area (Å²) >= 11 is -1.16. The quantitative estimate of drug-likeness (QED) is 0.659. The first kappa shape index (κ1) is 21.6. The lowest BCUT2D eigenvalue weighted by Crippen LogP contribution is -2.45. The zero-order chi connectivity index (χ0) is 19.9. The van der Waals surface area contributed by atoms with Crippen molar-refractivity contribution in [2.75, 3.05) is 7.11 Å². The minimum atomic E-state index is -1.16. The average Bonchev–Trinajstić information content (AvgIpc) is 2.64. The standard InChI is InChI=1S/C20H28FN3O2S/c1-20(2,3)27(25)24-17(10-7-15-5-8-16(21)9-6-15)11-12-18-13-19(26-4)23-14-22-18/h5-6,8-9,13-14,17,24H,7,10-12H2,1-4H3/t17-,27?/m1/s1. The van der Waals surface area contributed by atoms with Crippen molar-refractivity contribution in [2.24, 2.45) is 0 Å². The molecule has 2 aromatic rings. The molecule has 7 heteroatoms. The molecule has 148 valence electrons. The summed E-state index contributed by atoms with van der Waals surface area (Å²) in [5.74, 6) is 0.300. The highest BCUT2D eigenvalue weighted by atomic mass is 32.2. The molecule has 2 rings (SSSR count). The molecule has 0 amide bonds. The lowest BCUT2D eigenvalue weighted by molar-refractivity contribution is 0.395. The topological polar surface area (TPSA) is 70.1 Å². The van der Waals surface area contributed by atoms with E-state index < -0.39 is 11.4 Å². The molecule has 27 heavy (non-hydrogen) atoms. The Balaban J connectivity index is 2.00. The number of aryl methyl sites for hydroxylation is 2. The fourth-order valence-electron chi connectivity index (χ4n) is 2.53. The number of hydrogen-bond donors (Lipinski definition) is 1. The monoisotopic (exact) mass is 393 g/mol. The molecule has 0 aliphatic heterocycles. The van der Waals surface area contributed by atoms with E-state index in [2.05, 4.69) is 14.7 Å². The molecule has 1 aromatic heterocycles. The van der Waals surface area contributed by atoms with Crippen molar-refractivity contribution in [2.45, 2.75) is 57.2 Å². The molecule has 0 bridgehead atoms. The minimum absolute atomic E-state index is 0.0519. The highest BCUT2D eigenvalue weighted by Crippen LogP contribution is 2.18. The van der Waals surface area contributed by atoms with Gasteiger partial charge in [-0.15, -0.1) is 4.72 Å². The molecule has 0 radical (unpaired) electrons. The normalized spacial score (nSPS) is 14.0. The van der Waals surface area contributed by atoms with E-state index in [-0.39, 0.29) is 16.6 Å². The summed E-state index contributed by atoms with van der Waals surface area (Å²) in [7, 11) is 1.58. The van der Waals surface area contributed by atoms with Crippen LogP contribution < -0.4 is 9.46 Å². The van der Waals surface area contributed by atoms with Crippen LogP contribution in [-0.2, 0) is 24.2 Å². The van der Waals surface area contributed by atoms with Gasteiger partial charge in [0.15, 0.2) is 0 Å². The van der Waals surface area contributed by atoms with Gasteiger partial charge in [0.25, 0.3) is 0 Å². The van der Waals surface area contributed by atoms with Gasteiger partial charge in [-0.05, 0) is 64.2 Å². The highest BCUT2D eigenvalue weighted by Gasteiger charge is 2.29. The molecule has 1 heterocycles. The molecule has 2 atom stereocenters. The number of rotatable bonds is 9. The van der Waals surface area contributed by atoms with Crippen molar-refractivity contribution < 1.29 is 13.7 Å². The number of nitrogens with zero attached hydrogens (tertiary/aromatic N) is 2. The maximum atomic E-state index is 13.1. The van der Waals surface area contributed by atoms with E-state index in [4.69, 9.17) is 4.74 Å². The number of aromatic nitrogens is 2. The second-order valence-corrected chi connectivity index (χ2v) is 9.45. The Hall–Kier alpha value is -1.70. The van der Waals surface area contributed by atoms with Gasteiger partial charge in [-0.25, -0.2) is 14.4 Å². The highest BCUT2D eigenvalue weighted by molar-refractivity contribution is 7.90. The van der Waals surface area contributed by atoms with Gasteiger partial charge in [-0.1, -0.05) is 12.1 Å². The Morgan fingerprint density at radius 1 is 1.15 bits per heavy atom. The molecule has 1 aromatic carbocycles. The van der Waals surface area contributed by atoms with E-state index >= 15 is 0 Å².